The lowest BCUT2D eigenvalue weighted by Gasteiger charge is -2.29. The van der Waals surface area contributed by atoms with Crippen molar-refractivity contribution in [2.75, 3.05) is 6.54 Å². The average molecular weight is 466 g/mol. The van der Waals surface area contributed by atoms with Crippen LogP contribution in [0.4, 0.5) is 0 Å². The van der Waals surface area contributed by atoms with E-state index in [0.29, 0.717) is 25.1 Å². The third-order valence-corrected chi connectivity index (χ3v) is 5.45. The summed E-state index contributed by atoms with van der Waals surface area (Å²) in [4.78, 5) is 68.9. The van der Waals surface area contributed by atoms with Gasteiger partial charge in [0.25, 0.3) is 0 Å². The number of amides is 3. The molecule has 0 radical (unpaired) electrons. The molecule has 13 nitrogen and oxygen atoms in total. The molecule has 33 heavy (non-hydrogen) atoms. The molecule has 0 spiro atoms. The van der Waals surface area contributed by atoms with Gasteiger partial charge < -0.3 is 36.5 Å². The molecular weight excluding hydrogens is 436 g/mol. The number of nitrogens with two attached hydrogens (primary N) is 1. The van der Waals surface area contributed by atoms with Gasteiger partial charge in [-0.2, -0.15) is 0 Å². The van der Waals surface area contributed by atoms with Crippen molar-refractivity contribution in [1.82, 2.24) is 25.5 Å². The maximum absolute atomic E-state index is 12.9. The summed E-state index contributed by atoms with van der Waals surface area (Å²) in [5, 5.41) is 23.2. The summed E-state index contributed by atoms with van der Waals surface area (Å²) in [7, 11) is 0. The summed E-state index contributed by atoms with van der Waals surface area (Å²) in [6.45, 7) is 3.88. The highest BCUT2D eigenvalue weighted by Crippen LogP contribution is 2.20. The third kappa shape index (κ3) is 7.00. The van der Waals surface area contributed by atoms with Gasteiger partial charge in [-0.25, -0.2) is 9.78 Å². The number of likely N-dealkylation sites (tertiary alicyclic amines) is 1. The molecule has 1 saturated heterocycles. The summed E-state index contributed by atoms with van der Waals surface area (Å²) in [6.07, 6.45) is 2.75. The lowest BCUT2D eigenvalue weighted by Crippen LogP contribution is -2.57. The van der Waals surface area contributed by atoms with Crippen molar-refractivity contribution in [2.45, 2.75) is 63.7 Å². The van der Waals surface area contributed by atoms with E-state index >= 15 is 0 Å². The van der Waals surface area contributed by atoms with Crippen LogP contribution in [0.1, 0.15) is 38.8 Å². The summed E-state index contributed by atoms with van der Waals surface area (Å²) in [5.74, 6) is -4.90. The van der Waals surface area contributed by atoms with Gasteiger partial charge in [-0.3, -0.25) is 19.2 Å². The van der Waals surface area contributed by atoms with Crippen molar-refractivity contribution in [2.24, 2.45) is 11.7 Å². The molecule has 0 bridgehead atoms. The quantitative estimate of drug-likeness (QED) is 0.223. The number of carboxylic acid groups (broad SMARTS) is 2. The summed E-state index contributed by atoms with van der Waals surface area (Å²) in [6, 6.07) is -4.60. The molecule has 7 N–H and O–H groups in total. The predicted octanol–water partition coefficient (Wildman–Crippen LogP) is -1.54. The zero-order valence-electron chi connectivity index (χ0n) is 18.5. The third-order valence-electron chi connectivity index (χ3n) is 5.45. The molecular formula is C20H30N6O7. The maximum atomic E-state index is 12.9. The molecule has 2 heterocycles. The lowest BCUT2D eigenvalue weighted by atomic mass is 10.0. The topological polar surface area (TPSA) is 208 Å². The van der Waals surface area contributed by atoms with Crippen molar-refractivity contribution in [1.29, 1.82) is 0 Å². The number of carbonyl (C=O) groups is 5. The second-order valence-electron chi connectivity index (χ2n) is 8.30. The van der Waals surface area contributed by atoms with Gasteiger partial charge in [0, 0.05) is 24.9 Å². The molecule has 1 fully saturated rings. The van der Waals surface area contributed by atoms with Gasteiger partial charge in [0.1, 0.15) is 18.1 Å². The standard InChI is InChI=1S/C20H30N6O7/c1-10(2)16(21)19(31)26-5-3-4-14(26)18(30)24-12(7-15(27)28)17(29)25-13(20(32)33)6-11-8-22-9-23-11/h8-10,12-14,16H,3-7,21H2,1-2H3,(H,22,23)(H,24,30)(H,25,29)(H,27,28)(H,32,33). The Morgan fingerprint density at radius 3 is 2.45 bits per heavy atom. The number of aromatic amines is 1. The molecule has 1 aliphatic rings. The maximum Gasteiger partial charge on any atom is 0.326 e. The van der Waals surface area contributed by atoms with E-state index < -0.39 is 60.2 Å². The Morgan fingerprint density at radius 1 is 1.21 bits per heavy atom. The number of hydrogen-bond donors (Lipinski definition) is 6. The number of aromatic nitrogens is 2. The first-order chi connectivity index (χ1) is 15.5. The smallest absolute Gasteiger partial charge is 0.326 e. The first-order valence-corrected chi connectivity index (χ1v) is 10.6. The van der Waals surface area contributed by atoms with Crippen molar-refractivity contribution < 1.29 is 34.2 Å². The van der Waals surface area contributed by atoms with Crippen LogP contribution < -0.4 is 16.4 Å². The van der Waals surface area contributed by atoms with Gasteiger partial charge >= 0.3 is 11.9 Å². The van der Waals surface area contributed by atoms with E-state index in [1.807, 2.05) is 0 Å². The Kier molecular flexibility index (Phi) is 8.91. The number of carboxylic acids is 2. The van der Waals surface area contributed by atoms with Gasteiger partial charge in [0.15, 0.2) is 0 Å². The summed E-state index contributed by atoms with van der Waals surface area (Å²) < 4.78 is 0. The lowest BCUT2D eigenvalue weighted by molar-refractivity contribution is -0.145. The summed E-state index contributed by atoms with van der Waals surface area (Å²) >= 11 is 0. The Balaban J connectivity index is 2.11. The van der Waals surface area contributed by atoms with Crippen LogP contribution >= 0.6 is 0 Å². The molecule has 3 amide bonds. The van der Waals surface area contributed by atoms with Crippen molar-refractivity contribution in [3.05, 3.63) is 18.2 Å². The highest BCUT2D eigenvalue weighted by molar-refractivity contribution is 5.95. The fraction of sp³-hybridized carbons (Fsp3) is 0.600. The first-order valence-electron chi connectivity index (χ1n) is 10.6. The van der Waals surface area contributed by atoms with Crippen molar-refractivity contribution in [3.63, 3.8) is 0 Å². The molecule has 4 unspecified atom stereocenters. The SMILES string of the molecule is CC(C)C(N)C(=O)N1CCCC1C(=O)NC(CC(=O)O)C(=O)NC(Cc1cnc[nH]1)C(=O)O. The van der Waals surface area contributed by atoms with E-state index in [1.54, 1.807) is 13.8 Å². The molecule has 0 saturated carbocycles. The van der Waals surface area contributed by atoms with Crippen LogP contribution in [0.25, 0.3) is 0 Å². The molecule has 0 aliphatic carbocycles. The first kappa shape index (κ1) is 25.8. The molecule has 0 aromatic carbocycles. The highest BCUT2D eigenvalue weighted by Gasteiger charge is 2.38. The van der Waals surface area contributed by atoms with Crippen LogP contribution in [-0.4, -0.2) is 85.5 Å². The number of imidazole rings is 1. The Bertz CT molecular complexity index is 872. The number of nitrogens with zero attached hydrogens (tertiary/aromatic N) is 2. The number of H-pyrrole nitrogens is 1. The zero-order valence-corrected chi connectivity index (χ0v) is 18.5. The number of nitrogens with one attached hydrogen (secondary N) is 3. The van der Waals surface area contributed by atoms with Crippen LogP contribution in [0, 0.1) is 5.92 Å². The minimum absolute atomic E-state index is 0.118. The van der Waals surface area contributed by atoms with E-state index in [1.165, 1.54) is 17.4 Å². The highest BCUT2D eigenvalue weighted by atomic mass is 16.4. The molecule has 4 atom stereocenters. The second kappa shape index (κ2) is 11.4. The number of rotatable bonds is 11. The minimum atomic E-state index is -1.53. The Hall–Kier alpha value is -3.48. The van der Waals surface area contributed by atoms with E-state index in [9.17, 15) is 34.2 Å². The molecule has 13 heteroatoms. The fourth-order valence-electron chi connectivity index (χ4n) is 3.52. The largest absolute Gasteiger partial charge is 0.481 e. The van der Waals surface area contributed by atoms with E-state index in [4.69, 9.17) is 5.73 Å². The van der Waals surface area contributed by atoms with Crippen LogP contribution in [0.15, 0.2) is 12.5 Å². The Labute approximate surface area is 190 Å². The minimum Gasteiger partial charge on any atom is -0.481 e. The average Bonchev–Trinajstić information content (AvgIpc) is 3.43. The van der Waals surface area contributed by atoms with Gasteiger partial charge in [0.05, 0.1) is 18.8 Å². The van der Waals surface area contributed by atoms with Crippen molar-refractivity contribution in [3.8, 4) is 0 Å². The zero-order chi connectivity index (χ0) is 24.7. The number of aliphatic carboxylic acids is 2. The van der Waals surface area contributed by atoms with Crippen molar-refractivity contribution >= 4 is 29.7 Å². The van der Waals surface area contributed by atoms with Gasteiger partial charge in [0.2, 0.25) is 17.7 Å². The monoisotopic (exact) mass is 466 g/mol. The predicted molar refractivity (Wildman–Crippen MR) is 114 cm³/mol. The fourth-order valence-corrected chi connectivity index (χ4v) is 3.52. The van der Waals surface area contributed by atoms with Gasteiger partial charge in [-0.1, -0.05) is 13.8 Å². The van der Waals surface area contributed by atoms with Crippen LogP contribution in [0.2, 0.25) is 0 Å². The van der Waals surface area contributed by atoms with Crippen LogP contribution in [-0.2, 0) is 30.4 Å². The van der Waals surface area contributed by atoms with Gasteiger partial charge in [-0.05, 0) is 18.8 Å². The number of hydrogen-bond acceptors (Lipinski definition) is 7. The normalized spacial score (nSPS) is 18.4. The van der Waals surface area contributed by atoms with Gasteiger partial charge in [-0.15, -0.1) is 0 Å². The number of carbonyl (C=O) groups excluding carboxylic acids is 3. The van der Waals surface area contributed by atoms with E-state index in [2.05, 4.69) is 20.6 Å². The summed E-state index contributed by atoms with van der Waals surface area (Å²) in [5.41, 5.74) is 6.38. The Morgan fingerprint density at radius 2 is 1.91 bits per heavy atom. The van der Waals surface area contributed by atoms with E-state index in [-0.39, 0.29) is 12.3 Å². The van der Waals surface area contributed by atoms with Crippen LogP contribution in [0.5, 0.6) is 0 Å². The molecule has 1 aromatic heterocycles. The molecule has 2 rings (SSSR count). The molecule has 1 aliphatic heterocycles. The van der Waals surface area contributed by atoms with E-state index in [0.717, 1.165) is 0 Å². The second-order valence-corrected chi connectivity index (χ2v) is 8.30. The molecule has 182 valence electrons. The molecule has 1 aromatic rings. The van der Waals surface area contributed by atoms with Crippen LogP contribution in [0.3, 0.4) is 0 Å².